The number of hydrogen-bond acceptors (Lipinski definition) is 7. The second-order valence-corrected chi connectivity index (χ2v) is 8.20. The van der Waals surface area contributed by atoms with Gasteiger partial charge in [0, 0.05) is 11.4 Å². The first-order valence-corrected chi connectivity index (χ1v) is 9.36. The van der Waals surface area contributed by atoms with E-state index in [-0.39, 0.29) is 14.4 Å². The maximum atomic E-state index is 12.2. The van der Waals surface area contributed by atoms with Crippen LogP contribution >= 0.6 is 22.9 Å². The van der Waals surface area contributed by atoms with E-state index in [0.717, 1.165) is 11.6 Å². The quantitative estimate of drug-likeness (QED) is 0.645. The van der Waals surface area contributed by atoms with Crippen LogP contribution in [-0.2, 0) is 20.7 Å². The number of rotatable bonds is 4. The molecule has 0 aliphatic rings. The summed E-state index contributed by atoms with van der Waals surface area (Å²) in [6.07, 6.45) is -1.15. The van der Waals surface area contributed by atoms with Crippen LogP contribution in [0.1, 0.15) is 11.4 Å². The number of H-pyrrole nitrogens is 1. The van der Waals surface area contributed by atoms with E-state index in [1.165, 1.54) is 0 Å². The van der Waals surface area contributed by atoms with E-state index in [9.17, 15) is 18.0 Å². The van der Waals surface area contributed by atoms with Crippen molar-refractivity contribution >= 4 is 49.4 Å². The van der Waals surface area contributed by atoms with Gasteiger partial charge in [0.25, 0.3) is 5.56 Å². The molecule has 0 aliphatic heterocycles. The van der Waals surface area contributed by atoms with Crippen molar-refractivity contribution in [1.82, 2.24) is 9.97 Å². The number of hydrogen-bond donors (Lipinski definition) is 2. The number of nitrogens with two attached hydrogens (primary N) is 1. The zero-order chi connectivity index (χ0) is 18.2. The number of amides is 1. The van der Waals surface area contributed by atoms with E-state index in [1.54, 1.807) is 18.2 Å². The average Bonchev–Trinajstić information content (AvgIpc) is 2.91. The molecular formula is C14H10ClN3O5S2. The maximum Gasteiger partial charge on any atom is 0.420 e. The van der Waals surface area contributed by atoms with Crippen molar-refractivity contribution in [2.45, 2.75) is 10.6 Å². The number of halogens is 1. The highest BCUT2D eigenvalue weighted by Crippen LogP contribution is 2.27. The number of aromatic amines is 1. The molecule has 3 N–H and O–H groups in total. The van der Waals surface area contributed by atoms with E-state index in [1.807, 2.05) is 6.07 Å². The lowest BCUT2D eigenvalue weighted by molar-refractivity contribution is 0.213. The first kappa shape index (κ1) is 17.4. The van der Waals surface area contributed by atoms with Crippen LogP contribution in [0.25, 0.3) is 10.2 Å². The molecule has 0 saturated heterocycles. The molecule has 11 heteroatoms. The minimum absolute atomic E-state index is 0.0755. The molecule has 0 aliphatic carbocycles. The second kappa shape index (κ2) is 6.47. The maximum absolute atomic E-state index is 12.2. The van der Waals surface area contributed by atoms with Gasteiger partial charge < -0.3 is 14.9 Å². The Balaban J connectivity index is 2.02. The first-order valence-electron chi connectivity index (χ1n) is 6.76. The van der Waals surface area contributed by atoms with Crippen LogP contribution in [0.2, 0.25) is 5.02 Å². The third-order valence-corrected chi connectivity index (χ3v) is 6.04. The highest BCUT2D eigenvalue weighted by Gasteiger charge is 2.23. The van der Waals surface area contributed by atoms with E-state index in [2.05, 4.69) is 14.2 Å². The van der Waals surface area contributed by atoms with Gasteiger partial charge >= 0.3 is 16.2 Å². The van der Waals surface area contributed by atoms with Gasteiger partial charge in [-0.2, -0.15) is 8.42 Å². The number of nitrogens with one attached hydrogen (secondary N) is 1. The summed E-state index contributed by atoms with van der Waals surface area (Å²) in [7, 11) is -4.38. The van der Waals surface area contributed by atoms with Crippen LogP contribution < -0.4 is 11.3 Å². The monoisotopic (exact) mass is 399 g/mol. The number of carbonyl (C=O) groups excluding carboxylic acids is 1. The van der Waals surface area contributed by atoms with Crippen molar-refractivity contribution in [3.63, 3.8) is 0 Å². The number of nitrogens with zero attached hydrogens (tertiary/aromatic N) is 1. The van der Waals surface area contributed by atoms with Gasteiger partial charge in [-0.05, 0) is 23.8 Å². The van der Waals surface area contributed by atoms with E-state index in [0.29, 0.717) is 28.6 Å². The molecule has 1 aromatic carbocycles. The number of thiophene rings is 1. The summed E-state index contributed by atoms with van der Waals surface area (Å²) in [5.74, 6) is 0.349. The van der Waals surface area contributed by atoms with Crippen LogP contribution in [0, 0.1) is 0 Å². The number of benzene rings is 1. The molecular weight excluding hydrogens is 390 g/mol. The van der Waals surface area contributed by atoms with Crippen LogP contribution in [0.4, 0.5) is 4.79 Å². The predicted molar refractivity (Wildman–Crippen MR) is 92.4 cm³/mol. The zero-order valence-corrected chi connectivity index (χ0v) is 14.7. The summed E-state index contributed by atoms with van der Waals surface area (Å²) < 4.78 is 27.5. The molecule has 0 bridgehead atoms. The Morgan fingerprint density at radius 2 is 2.12 bits per heavy atom. The first-order chi connectivity index (χ1) is 11.7. The smallest absolute Gasteiger partial charge is 0.334 e. The molecule has 2 heterocycles. The van der Waals surface area contributed by atoms with Crippen LogP contribution in [-0.4, -0.2) is 24.5 Å². The van der Waals surface area contributed by atoms with Gasteiger partial charge in [0.2, 0.25) is 0 Å². The number of primary amides is 1. The lowest BCUT2D eigenvalue weighted by Gasteiger charge is -2.02. The fourth-order valence-corrected chi connectivity index (χ4v) is 4.46. The van der Waals surface area contributed by atoms with Gasteiger partial charge in [-0.3, -0.25) is 4.79 Å². The lowest BCUT2D eigenvalue weighted by atomic mass is 10.1. The van der Waals surface area contributed by atoms with Crippen LogP contribution in [0.3, 0.4) is 0 Å². The molecule has 25 heavy (non-hydrogen) atoms. The zero-order valence-electron chi connectivity index (χ0n) is 12.4. The van der Waals surface area contributed by atoms with Crippen molar-refractivity contribution < 1.29 is 17.4 Å². The fraction of sp³-hybridized carbons (Fsp3) is 0.0714. The second-order valence-electron chi connectivity index (χ2n) is 4.96. The molecule has 3 aromatic rings. The molecule has 8 nitrogen and oxygen atoms in total. The predicted octanol–water partition coefficient (Wildman–Crippen LogP) is 2.01. The van der Waals surface area contributed by atoms with Gasteiger partial charge in [-0.15, -0.1) is 0 Å². The van der Waals surface area contributed by atoms with Crippen LogP contribution in [0.15, 0.2) is 39.3 Å². The number of fused-ring (bicyclic) bond motifs is 1. The molecule has 0 fully saturated rings. The summed E-state index contributed by atoms with van der Waals surface area (Å²) in [5.41, 5.74) is 5.06. The van der Waals surface area contributed by atoms with E-state index in [4.69, 9.17) is 17.3 Å². The topological polar surface area (TPSA) is 132 Å². The number of carbonyl (C=O) groups is 1. The van der Waals surface area contributed by atoms with Crippen molar-refractivity contribution in [3.05, 3.63) is 57.1 Å². The fourth-order valence-electron chi connectivity index (χ4n) is 2.15. The highest BCUT2D eigenvalue weighted by molar-refractivity contribution is 7.89. The van der Waals surface area contributed by atoms with Gasteiger partial charge in [0.1, 0.15) is 10.7 Å². The highest BCUT2D eigenvalue weighted by atomic mass is 35.5. The molecule has 130 valence electrons. The molecule has 0 atom stereocenters. The Hall–Kier alpha value is -2.43. The minimum atomic E-state index is -4.38. The van der Waals surface area contributed by atoms with Crippen LogP contribution in [0.5, 0.6) is 0 Å². The minimum Gasteiger partial charge on any atom is -0.334 e. The number of aromatic nitrogens is 2. The van der Waals surface area contributed by atoms with Crippen molar-refractivity contribution in [2.75, 3.05) is 0 Å². The molecule has 0 unspecified atom stereocenters. The summed E-state index contributed by atoms with van der Waals surface area (Å²) in [6.45, 7) is 0. The van der Waals surface area contributed by atoms with Gasteiger partial charge in [-0.1, -0.05) is 35.1 Å². The van der Waals surface area contributed by atoms with E-state index >= 15 is 0 Å². The Labute approximate surface area is 150 Å². The van der Waals surface area contributed by atoms with E-state index < -0.39 is 21.8 Å². The molecule has 0 saturated carbocycles. The molecule has 3 rings (SSSR count). The van der Waals surface area contributed by atoms with Crippen molar-refractivity contribution in [3.8, 4) is 0 Å². The molecule has 2 aromatic heterocycles. The Morgan fingerprint density at radius 1 is 1.36 bits per heavy atom. The lowest BCUT2D eigenvalue weighted by Crippen LogP contribution is -2.18. The molecule has 1 amide bonds. The Morgan fingerprint density at radius 3 is 2.80 bits per heavy atom. The summed E-state index contributed by atoms with van der Waals surface area (Å²) in [4.78, 5) is 29.9. The molecule has 0 radical (unpaired) electrons. The summed E-state index contributed by atoms with van der Waals surface area (Å²) in [5, 5.41) is 0.625. The summed E-state index contributed by atoms with van der Waals surface area (Å²) in [6, 6.07) is 8.13. The average molecular weight is 400 g/mol. The normalized spacial score (nSPS) is 11.6. The largest absolute Gasteiger partial charge is 0.420 e. The SMILES string of the molecule is NC(=O)OS(=O)(=O)c1cc2c(=O)[nH]c(Cc3cccc(Cl)c3)nc2s1. The summed E-state index contributed by atoms with van der Waals surface area (Å²) >= 11 is 6.63. The van der Waals surface area contributed by atoms with Gasteiger partial charge in [-0.25, -0.2) is 9.78 Å². The van der Waals surface area contributed by atoms with Crippen molar-refractivity contribution in [1.29, 1.82) is 0 Å². The Bertz CT molecular complexity index is 1140. The standard InChI is InChI=1S/C14H10ClN3O5S2/c15-8-3-1-2-7(4-8)5-10-17-12(19)9-6-11(24-13(9)18-10)25(21,22)23-14(16)20/h1-4,6H,5H2,(H2,16,20)(H,17,18,19). The Kier molecular flexibility index (Phi) is 4.50. The van der Waals surface area contributed by atoms with Gasteiger partial charge in [0.05, 0.1) is 5.39 Å². The van der Waals surface area contributed by atoms with Gasteiger partial charge in [0.15, 0.2) is 4.21 Å². The van der Waals surface area contributed by atoms with Crippen molar-refractivity contribution in [2.24, 2.45) is 5.73 Å². The third-order valence-electron chi connectivity index (χ3n) is 3.13. The third kappa shape index (κ3) is 3.81. The molecule has 0 spiro atoms.